The Bertz CT molecular complexity index is 1290. The molecule has 0 aliphatic carbocycles. The summed E-state index contributed by atoms with van der Waals surface area (Å²) >= 11 is 3.30. The van der Waals surface area contributed by atoms with Gasteiger partial charge in [-0.25, -0.2) is 13.4 Å². The quantitative estimate of drug-likeness (QED) is 0.594. The van der Waals surface area contributed by atoms with Crippen LogP contribution in [0.5, 0.6) is 0 Å². The second-order valence-electron chi connectivity index (χ2n) is 7.16. The zero-order valence-corrected chi connectivity index (χ0v) is 18.8. The van der Waals surface area contributed by atoms with E-state index in [0.717, 1.165) is 4.47 Å². The first kappa shape index (κ1) is 20.8. The Labute approximate surface area is 181 Å². The molecule has 11 heteroatoms. The van der Waals surface area contributed by atoms with Gasteiger partial charge >= 0.3 is 0 Å². The number of rotatable bonds is 3. The Morgan fingerprint density at radius 2 is 1.77 bits per heavy atom. The molecule has 9 nitrogen and oxygen atoms in total. The van der Waals surface area contributed by atoms with Crippen LogP contribution in [0.4, 0.5) is 0 Å². The number of carbonyl (C=O) groups is 1. The zero-order chi connectivity index (χ0) is 21.6. The van der Waals surface area contributed by atoms with Gasteiger partial charge in [0.05, 0.1) is 15.8 Å². The van der Waals surface area contributed by atoms with Crippen LogP contribution in [-0.4, -0.2) is 64.5 Å². The highest BCUT2D eigenvalue weighted by Gasteiger charge is 2.31. The molecule has 1 aliphatic heterocycles. The van der Waals surface area contributed by atoms with Crippen molar-refractivity contribution in [1.29, 1.82) is 0 Å². The van der Waals surface area contributed by atoms with Gasteiger partial charge in [-0.15, -0.1) is 0 Å². The highest BCUT2D eigenvalue weighted by atomic mass is 79.9. The molecular weight excluding hydrogens is 474 g/mol. The Balaban J connectivity index is 1.56. The number of amides is 1. The number of aryl methyl sites for hydroxylation is 2. The predicted molar refractivity (Wildman–Crippen MR) is 115 cm³/mol. The van der Waals surface area contributed by atoms with Crippen LogP contribution < -0.4 is 5.56 Å². The fourth-order valence-corrected chi connectivity index (χ4v) is 5.30. The summed E-state index contributed by atoms with van der Waals surface area (Å²) in [5.41, 5.74) is 0.945. The van der Waals surface area contributed by atoms with Crippen LogP contribution >= 0.6 is 15.9 Å². The fourth-order valence-electron chi connectivity index (χ4n) is 3.61. The van der Waals surface area contributed by atoms with E-state index < -0.39 is 10.0 Å². The van der Waals surface area contributed by atoms with Crippen molar-refractivity contribution in [3.8, 4) is 0 Å². The summed E-state index contributed by atoms with van der Waals surface area (Å²) in [6.45, 7) is 2.60. The molecule has 0 unspecified atom stereocenters. The maximum atomic E-state index is 13.2. The van der Waals surface area contributed by atoms with Gasteiger partial charge in [-0.05, 0) is 37.3 Å². The van der Waals surface area contributed by atoms with Gasteiger partial charge in [0.25, 0.3) is 11.5 Å². The summed E-state index contributed by atoms with van der Waals surface area (Å²) in [5, 5.41) is 2.88. The molecule has 1 fully saturated rings. The number of aromatic amines is 1. The van der Waals surface area contributed by atoms with Crippen LogP contribution in [0.3, 0.4) is 0 Å². The molecule has 3 heterocycles. The first-order chi connectivity index (χ1) is 14.2. The lowest BCUT2D eigenvalue weighted by Gasteiger charge is -2.34. The zero-order valence-electron chi connectivity index (χ0n) is 16.4. The lowest BCUT2D eigenvalue weighted by Crippen LogP contribution is -2.50. The third-order valence-corrected chi connectivity index (χ3v) is 7.59. The standard InChI is InChI=1S/C19H20BrN5O4S/c1-12-11-15(16-17(21-12)23(2)22-18(16)26)19(27)24-7-9-25(10-8-24)30(28,29)14-5-3-13(20)4-6-14/h3-6,11H,7-10H2,1-2H3,(H,22,26). The first-order valence-electron chi connectivity index (χ1n) is 9.30. The summed E-state index contributed by atoms with van der Waals surface area (Å²) < 4.78 is 29.4. The largest absolute Gasteiger partial charge is 0.336 e. The van der Waals surface area contributed by atoms with E-state index in [-0.39, 0.29) is 53.5 Å². The lowest BCUT2D eigenvalue weighted by atomic mass is 10.1. The van der Waals surface area contributed by atoms with Gasteiger partial charge in [0.2, 0.25) is 10.0 Å². The number of benzene rings is 1. The summed E-state index contributed by atoms with van der Waals surface area (Å²) in [6.07, 6.45) is 0. The summed E-state index contributed by atoms with van der Waals surface area (Å²) in [4.78, 5) is 31.6. The third-order valence-electron chi connectivity index (χ3n) is 5.15. The van der Waals surface area contributed by atoms with Crippen LogP contribution in [0.2, 0.25) is 0 Å². The number of hydrogen-bond acceptors (Lipinski definition) is 5. The minimum absolute atomic E-state index is 0.183. The topological polar surface area (TPSA) is 108 Å². The molecule has 30 heavy (non-hydrogen) atoms. The van der Waals surface area contributed by atoms with E-state index in [1.807, 2.05) is 0 Å². The molecule has 0 atom stereocenters. The Morgan fingerprint density at radius 1 is 1.13 bits per heavy atom. The van der Waals surface area contributed by atoms with Gasteiger partial charge < -0.3 is 4.90 Å². The number of aromatic nitrogens is 3. The molecule has 1 aliphatic rings. The van der Waals surface area contributed by atoms with Crippen molar-refractivity contribution in [3.05, 3.63) is 56.4 Å². The molecule has 0 saturated carbocycles. The molecule has 0 bridgehead atoms. The SMILES string of the molecule is Cc1cc(C(=O)N2CCN(S(=O)(=O)c3ccc(Br)cc3)CC2)c2c(=O)[nH]n(C)c2n1. The maximum absolute atomic E-state index is 13.2. The van der Waals surface area contributed by atoms with Crippen molar-refractivity contribution >= 4 is 42.9 Å². The van der Waals surface area contributed by atoms with E-state index in [1.54, 1.807) is 49.2 Å². The highest BCUT2D eigenvalue weighted by Crippen LogP contribution is 2.22. The normalized spacial score (nSPS) is 15.6. The van der Waals surface area contributed by atoms with E-state index in [2.05, 4.69) is 26.0 Å². The second kappa shape index (κ2) is 7.64. The smallest absolute Gasteiger partial charge is 0.274 e. The van der Waals surface area contributed by atoms with Gasteiger partial charge in [0, 0.05) is 43.4 Å². The number of halogens is 1. The lowest BCUT2D eigenvalue weighted by molar-refractivity contribution is 0.0699. The fraction of sp³-hybridized carbons (Fsp3) is 0.316. The van der Waals surface area contributed by atoms with Gasteiger partial charge in [-0.3, -0.25) is 19.4 Å². The number of nitrogens with one attached hydrogen (secondary N) is 1. The van der Waals surface area contributed by atoms with Crippen LogP contribution in [0.15, 0.2) is 44.5 Å². The Kier molecular flexibility index (Phi) is 5.28. The van der Waals surface area contributed by atoms with Crippen LogP contribution in [0.25, 0.3) is 11.0 Å². The maximum Gasteiger partial charge on any atom is 0.274 e. The second-order valence-corrected chi connectivity index (χ2v) is 10.0. The van der Waals surface area contributed by atoms with Gasteiger partial charge in [-0.2, -0.15) is 4.31 Å². The number of sulfonamides is 1. The molecule has 3 aromatic rings. The molecular formula is C19H20BrN5O4S. The molecule has 1 aromatic carbocycles. The van der Waals surface area contributed by atoms with Gasteiger partial charge in [0.1, 0.15) is 0 Å². The van der Waals surface area contributed by atoms with Crippen molar-refractivity contribution in [1.82, 2.24) is 24.0 Å². The molecule has 0 radical (unpaired) electrons. The van der Waals surface area contributed by atoms with E-state index in [9.17, 15) is 18.0 Å². The molecule has 158 valence electrons. The first-order valence-corrected chi connectivity index (χ1v) is 11.5. The van der Waals surface area contributed by atoms with Crippen LogP contribution in [0, 0.1) is 6.92 Å². The van der Waals surface area contributed by atoms with Crippen molar-refractivity contribution in [2.45, 2.75) is 11.8 Å². The number of H-pyrrole nitrogens is 1. The number of fused-ring (bicyclic) bond motifs is 1. The van der Waals surface area contributed by atoms with E-state index in [1.165, 1.54) is 8.99 Å². The molecule has 1 saturated heterocycles. The molecule has 0 spiro atoms. The summed E-state index contributed by atoms with van der Waals surface area (Å²) in [5.74, 6) is -0.303. The number of nitrogens with zero attached hydrogens (tertiary/aromatic N) is 4. The molecule has 4 rings (SSSR count). The van der Waals surface area contributed by atoms with Crippen LogP contribution in [0.1, 0.15) is 16.1 Å². The third kappa shape index (κ3) is 3.57. The predicted octanol–water partition coefficient (Wildman–Crippen LogP) is 1.48. The molecule has 2 aromatic heterocycles. The monoisotopic (exact) mass is 493 g/mol. The minimum atomic E-state index is -3.63. The van der Waals surface area contributed by atoms with Crippen molar-refractivity contribution in [3.63, 3.8) is 0 Å². The average Bonchev–Trinajstić information content (AvgIpc) is 3.00. The average molecular weight is 494 g/mol. The van der Waals surface area contributed by atoms with E-state index in [0.29, 0.717) is 11.3 Å². The van der Waals surface area contributed by atoms with Gasteiger partial charge in [0.15, 0.2) is 5.65 Å². The van der Waals surface area contributed by atoms with Crippen molar-refractivity contribution in [2.75, 3.05) is 26.2 Å². The number of piperazine rings is 1. The van der Waals surface area contributed by atoms with E-state index >= 15 is 0 Å². The Hall–Kier alpha value is -2.50. The van der Waals surface area contributed by atoms with Gasteiger partial charge in [-0.1, -0.05) is 15.9 Å². The van der Waals surface area contributed by atoms with Crippen molar-refractivity contribution in [2.24, 2.45) is 7.05 Å². The summed E-state index contributed by atoms with van der Waals surface area (Å²) in [6, 6.07) is 8.07. The molecule has 1 amide bonds. The molecule has 1 N–H and O–H groups in total. The van der Waals surface area contributed by atoms with Crippen LogP contribution in [-0.2, 0) is 17.1 Å². The van der Waals surface area contributed by atoms with E-state index in [4.69, 9.17) is 0 Å². The summed E-state index contributed by atoms with van der Waals surface area (Å²) in [7, 11) is -1.97. The number of carbonyl (C=O) groups excluding carboxylic acids is 1. The Morgan fingerprint density at radius 3 is 2.40 bits per heavy atom. The highest BCUT2D eigenvalue weighted by molar-refractivity contribution is 9.10. The minimum Gasteiger partial charge on any atom is -0.336 e. The number of pyridine rings is 1. The van der Waals surface area contributed by atoms with Crippen molar-refractivity contribution < 1.29 is 13.2 Å². The number of hydrogen-bond donors (Lipinski definition) is 1.